The van der Waals surface area contributed by atoms with Gasteiger partial charge in [-0.15, -0.1) is 5.54 Å². The topological polar surface area (TPSA) is 69.6 Å². The number of aliphatic carboxylic acids is 1. The van der Waals surface area contributed by atoms with Crippen molar-refractivity contribution in [1.82, 2.24) is 5.32 Å². The zero-order valence-corrected chi connectivity index (χ0v) is 13.1. The second-order valence-electron chi connectivity index (χ2n) is 5.68. The molecule has 0 fully saturated rings. The van der Waals surface area contributed by atoms with Crippen molar-refractivity contribution in [2.24, 2.45) is 0 Å². The lowest BCUT2D eigenvalue weighted by Gasteiger charge is -2.07. The van der Waals surface area contributed by atoms with Crippen molar-refractivity contribution < 1.29 is 15.0 Å². The Kier molecular flexibility index (Phi) is 5.96. The van der Waals surface area contributed by atoms with Gasteiger partial charge in [0.1, 0.15) is 8.07 Å². The maximum Gasteiger partial charge on any atom is 0.333 e. The first-order valence-corrected chi connectivity index (χ1v) is 10.0. The molecule has 0 unspecified atom stereocenters. The van der Waals surface area contributed by atoms with Crippen LogP contribution < -0.4 is 5.32 Å². The van der Waals surface area contributed by atoms with E-state index in [1.54, 1.807) is 0 Å². The number of aliphatic hydroxyl groups excluding tert-OH is 1. The van der Waals surface area contributed by atoms with Crippen molar-refractivity contribution in [3.05, 3.63) is 35.4 Å². The van der Waals surface area contributed by atoms with Gasteiger partial charge in [0.05, 0.1) is 0 Å². The third kappa shape index (κ3) is 6.52. The van der Waals surface area contributed by atoms with Crippen LogP contribution in [-0.4, -0.2) is 36.9 Å². The Labute approximate surface area is 120 Å². The van der Waals surface area contributed by atoms with Crippen LogP contribution >= 0.6 is 0 Å². The van der Waals surface area contributed by atoms with E-state index in [2.05, 4.69) is 36.4 Å². The molecule has 1 aromatic carbocycles. The van der Waals surface area contributed by atoms with E-state index in [0.29, 0.717) is 6.54 Å². The summed E-state index contributed by atoms with van der Waals surface area (Å²) in [6, 6.07) is 7.82. The molecule has 0 aromatic heterocycles. The van der Waals surface area contributed by atoms with Crippen LogP contribution in [0.2, 0.25) is 19.6 Å². The second kappa shape index (κ2) is 7.24. The lowest BCUT2D eigenvalue weighted by molar-refractivity contribution is -0.146. The van der Waals surface area contributed by atoms with Crippen LogP contribution in [0.3, 0.4) is 0 Å². The third-order valence-corrected chi connectivity index (χ3v) is 3.36. The van der Waals surface area contributed by atoms with E-state index in [-0.39, 0.29) is 6.54 Å². The summed E-state index contributed by atoms with van der Waals surface area (Å²) in [5.41, 5.74) is 5.32. The molecule has 20 heavy (non-hydrogen) atoms. The zero-order valence-electron chi connectivity index (χ0n) is 12.1. The quantitative estimate of drug-likeness (QED) is 0.567. The molecular formula is C15H21NO3Si. The van der Waals surface area contributed by atoms with E-state index in [0.717, 1.165) is 11.1 Å². The van der Waals surface area contributed by atoms with E-state index in [1.807, 2.05) is 24.3 Å². The molecule has 0 spiro atoms. The van der Waals surface area contributed by atoms with Crippen LogP contribution in [0, 0.1) is 11.5 Å². The standard InChI is InChI=1S/C15H21NO3Si/c1-20(2,3)9-8-12-4-6-13(7-5-12)10-16-11-14(17)15(18)19/h4-7,14,16-17H,10-11H2,1-3H3,(H,18,19)/t14-/m0/s1. The Hall–Kier alpha value is -1.61. The van der Waals surface area contributed by atoms with Gasteiger partial charge in [-0.1, -0.05) is 37.7 Å². The fourth-order valence-electron chi connectivity index (χ4n) is 1.41. The van der Waals surface area contributed by atoms with Gasteiger partial charge in [0.2, 0.25) is 0 Å². The van der Waals surface area contributed by atoms with Crippen LogP contribution in [0.5, 0.6) is 0 Å². The molecule has 1 atom stereocenters. The first kappa shape index (κ1) is 16.4. The average molecular weight is 291 g/mol. The highest BCUT2D eigenvalue weighted by Gasteiger charge is 2.11. The number of hydrogen-bond donors (Lipinski definition) is 3. The summed E-state index contributed by atoms with van der Waals surface area (Å²) in [6.07, 6.45) is -1.36. The van der Waals surface area contributed by atoms with E-state index in [1.165, 1.54) is 0 Å². The van der Waals surface area contributed by atoms with Gasteiger partial charge < -0.3 is 15.5 Å². The summed E-state index contributed by atoms with van der Waals surface area (Å²) >= 11 is 0. The Morgan fingerprint density at radius 2 is 1.90 bits per heavy atom. The van der Waals surface area contributed by atoms with Gasteiger partial charge in [-0.25, -0.2) is 4.79 Å². The number of benzene rings is 1. The van der Waals surface area contributed by atoms with Crippen LogP contribution in [-0.2, 0) is 11.3 Å². The summed E-state index contributed by atoms with van der Waals surface area (Å²) in [5.74, 6) is 1.96. The van der Waals surface area contributed by atoms with Gasteiger partial charge in [-0.2, -0.15) is 0 Å². The predicted molar refractivity (Wildman–Crippen MR) is 82.0 cm³/mol. The van der Waals surface area contributed by atoms with E-state index in [4.69, 9.17) is 10.2 Å². The van der Waals surface area contributed by atoms with Crippen LogP contribution in [0.1, 0.15) is 11.1 Å². The van der Waals surface area contributed by atoms with Crippen molar-refractivity contribution >= 4 is 14.0 Å². The van der Waals surface area contributed by atoms with Gasteiger partial charge in [0.25, 0.3) is 0 Å². The Morgan fingerprint density at radius 1 is 1.30 bits per heavy atom. The first-order chi connectivity index (χ1) is 9.28. The monoisotopic (exact) mass is 291 g/mol. The normalized spacial score (nSPS) is 12.4. The molecule has 1 aromatic rings. The van der Waals surface area contributed by atoms with Gasteiger partial charge in [0.15, 0.2) is 6.10 Å². The molecule has 1 rings (SSSR count). The molecule has 0 aliphatic carbocycles. The number of rotatable bonds is 5. The summed E-state index contributed by atoms with van der Waals surface area (Å²) in [6.45, 7) is 7.16. The summed E-state index contributed by atoms with van der Waals surface area (Å²) in [5, 5.41) is 20.6. The number of nitrogens with one attached hydrogen (secondary N) is 1. The minimum Gasteiger partial charge on any atom is -0.479 e. The zero-order chi connectivity index (χ0) is 15.2. The maximum absolute atomic E-state index is 10.4. The molecule has 3 N–H and O–H groups in total. The molecule has 5 heteroatoms. The lowest BCUT2D eigenvalue weighted by Crippen LogP contribution is -2.32. The molecule has 0 saturated heterocycles. The van der Waals surface area contributed by atoms with Crippen molar-refractivity contribution in [3.8, 4) is 11.5 Å². The number of carbonyl (C=O) groups is 1. The molecule has 0 aliphatic heterocycles. The minimum atomic E-state index is -1.36. The smallest absolute Gasteiger partial charge is 0.333 e. The van der Waals surface area contributed by atoms with Crippen LogP contribution in [0.15, 0.2) is 24.3 Å². The highest BCUT2D eigenvalue weighted by atomic mass is 28.3. The van der Waals surface area contributed by atoms with Crippen molar-refractivity contribution in [2.45, 2.75) is 32.3 Å². The number of carboxylic acids is 1. The molecule has 0 radical (unpaired) electrons. The highest BCUT2D eigenvalue weighted by molar-refractivity contribution is 6.83. The Morgan fingerprint density at radius 3 is 2.40 bits per heavy atom. The number of hydrogen-bond acceptors (Lipinski definition) is 3. The van der Waals surface area contributed by atoms with Gasteiger partial charge >= 0.3 is 5.97 Å². The summed E-state index contributed by atoms with van der Waals surface area (Å²) in [7, 11) is -1.35. The van der Waals surface area contributed by atoms with Crippen molar-refractivity contribution in [1.29, 1.82) is 0 Å². The molecule has 0 bridgehead atoms. The molecule has 0 aliphatic rings. The lowest BCUT2D eigenvalue weighted by atomic mass is 10.1. The van der Waals surface area contributed by atoms with Crippen LogP contribution in [0.25, 0.3) is 0 Å². The van der Waals surface area contributed by atoms with Crippen LogP contribution in [0.4, 0.5) is 0 Å². The largest absolute Gasteiger partial charge is 0.479 e. The number of carboxylic acid groups (broad SMARTS) is 1. The average Bonchev–Trinajstić information content (AvgIpc) is 2.36. The fourth-order valence-corrected chi connectivity index (χ4v) is 1.93. The first-order valence-electron chi connectivity index (χ1n) is 6.51. The SMILES string of the molecule is C[Si](C)(C)C#Cc1ccc(CNC[C@H](O)C(=O)O)cc1. The van der Waals surface area contributed by atoms with Gasteiger partial charge in [0, 0.05) is 18.7 Å². The molecule has 4 nitrogen and oxygen atoms in total. The molecule has 0 heterocycles. The second-order valence-corrected chi connectivity index (χ2v) is 10.4. The van der Waals surface area contributed by atoms with E-state index in [9.17, 15) is 4.79 Å². The maximum atomic E-state index is 10.4. The predicted octanol–water partition coefficient (Wildman–Crippen LogP) is 1.45. The third-order valence-electron chi connectivity index (χ3n) is 2.49. The van der Waals surface area contributed by atoms with E-state index < -0.39 is 20.1 Å². The molecule has 0 amide bonds. The Bertz CT molecular complexity index is 509. The Balaban J connectivity index is 2.50. The number of aliphatic hydroxyl groups is 1. The van der Waals surface area contributed by atoms with Crippen molar-refractivity contribution in [2.75, 3.05) is 6.54 Å². The minimum absolute atomic E-state index is 0.0342. The molecular weight excluding hydrogens is 270 g/mol. The van der Waals surface area contributed by atoms with Crippen molar-refractivity contribution in [3.63, 3.8) is 0 Å². The molecule has 108 valence electrons. The van der Waals surface area contributed by atoms with E-state index >= 15 is 0 Å². The van der Waals surface area contributed by atoms with Gasteiger partial charge in [-0.3, -0.25) is 0 Å². The van der Waals surface area contributed by atoms with Gasteiger partial charge in [-0.05, 0) is 17.7 Å². The summed E-state index contributed by atoms with van der Waals surface area (Å²) in [4.78, 5) is 10.4. The highest BCUT2D eigenvalue weighted by Crippen LogP contribution is 2.04. The summed E-state index contributed by atoms with van der Waals surface area (Å²) < 4.78 is 0. The fraction of sp³-hybridized carbons (Fsp3) is 0.400. The molecule has 0 saturated carbocycles.